The summed E-state index contributed by atoms with van der Waals surface area (Å²) in [7, 11) is 0. The number of carbonyl (C=O) groups excluding carboxylic acids is 1. The second-order valence-electron chi connectivity index (χ2n) is 7.48. The number of hydrogen-bond acceptors (Lipinski definition) is 5. The minimum absolute atomic E-state index is 0. The molecule has 2 fully saturated rings. The monoisotopic (exact) mass is 356 g/mol. The highest BCUT2D eigenvalue weighted by Gasteiger charge is 2.36. The molecule has 3 rings (SSSR count). The molecule has 2 aliphatic rings. The zero-order chi connectivity index (χ0) is 16.4. The van der Waals surface area contributed by atoms with Gasteiger partial charge in [0.2, 0.25) is 5.91 Å². The van der Waals surface area contributed by atoms with Crippen molar-refractivity contribution in [3.05, 3.63) is 5.82 Å². The molecule has 0 bridgehead atoms. The van der Waals surface area contributed by atoms with Crippen LogP contribution < -0.4 is 5.32 Å². The standard InChI is InChI=1S/C16H28N6O.ClH/c1-11(2)14-8-21(7-13-5-4-6-13)9-15(14)17-16(23)10-22-12(3)18-19-20-22;/h11,13-15H,4-10H2,1-3H3,(H,17,23);1H/t14-,15+;/m1./s1. The molecule has 1 aromatic rings. The van der Waals surface area contributed by atoms with E-state index < -0.39 is 0 Å². The van der Waals surface area contributed by atoms with Crippen LogP contribution in [0.4, 0.5) is 0 Å². The van der Waals surface area contributed by atoms with E-state index in [4.69, 9.17) is 0 Å². The molecule has 0 radical (unpaired) electrons. The number of rotatable bonds is 6. The fraction of sp³-hybridized carbons (Fsp3) is 0.875. The molecular weight excluding hydrogens is 328 g/mol. The number of nitrogens with one attached hydrogen (secondary N) is 1. The van der Waals surface area contributed by atoms with Crippen LogP contribution in [-0.2, 0) is 11.3 Å². The molecule has 1 saturated heterocycles. The predicted molar refractivity (Wildman–Crippen MR) is 93.8 cm³/mol. The molecule has 1 amide bonds. The topological polar surface area (TPSA) is 75.9 Å². The predicted octanol–water partition coefficient (Wildman–Crippen LogP) is 1.28. The summed E-state index contributed by atoms with van der Waals surface area (Å²) in [4.78, 5) is 14.9. The number of tetrazole rings is 1. The fourth-order valence-electron chi connectivity index (χ4n) is 3.72. The van der Waals surface area contributed by atoms with Crippen LogP contribution in [-0.4, -0.2) is 56.7 Å². The number of likely N-dealkylation sites (tertiary alicyclic amines) is 1. The lowest BCUT2D eigenvalue weighted by Crippen LogP contribution is -2.43. The number of hydrogen-bond donors (Lipinski definition) is 1. The highest BCUT2D eigenvalue weighted by Crippen LogP contribution is 2.31. The number of aryl methyl sites for hydroxylation is 1. The normalized spacial score (nSPS) is 24.7. The van der Waals surface area contributed by atoms with Crippen LogP contribution in [0.1, 0.15) is 38.9 Å². The first-order valence-electron chi connectivity index (χ1n) is 8.77. The second kappa shape index (κ2) is 8.25. The van der Waals surface area contributed by atoms with Crippen molar-refractivity contribution in [2.24, 2.45) is 17.8 Å². The molecule has 0 unspecified atom stereocenters. The first-order valence-corrected chi connectivity index (χ1v) is 8.77. The Hall–Kier alpha value is -1.21. The fourth-order valence-corrected chi connectivity index (χ4v) is 3.72. The van der Waals surface area contributed by atoms with Crippen molar-refractivity contribution >= 4 is 18.3 Å². The molecular formula is C16H29ClN6O. The van der Waals surface area contributed by atoms with Gasteiger partial charge in [0.05, 0.1) is 0 Å². The molecule has 1 aliphatic carbocycles. The van der Waals surface area contributed by atoms with Crippen LogP contribution in [0.3, 0.4) is 0 Å². The van der Waals surface area contributed by atoms with Crippen molar-refractivity contribution < 1.29 is 4.79 Å². The van der Waals surface area contributed by atoms with Gasteiger partial charge in [-0.1, -0.05) is 20.3 Å². The average Bonchev–Trinajstić information content (AvgIpc) is 3.01. The van der Waals surface area contributed by atoms with E-state index in [1.807, 2.05) is 0 Å². The molecule has 136 valence electrons. The largest absolute Gasteiger partial charge is 0.350 e. The van der Waals surface area contributed by atoms with Gasteiger partial charge < -0.3 is 10.2 Å². The minimum Gasteiger partial charge on any atom is -0.350 e. The number of carbonyl (C=O) groups is 1. The Labute approximate surface area is 150 Å². The Morgan fingerprint density at radius 2 is 2.08 bits per heavy atom. The number of nitrogens with zero attached hydrogens (tertiary/aromatic N) is 5. The third-order valence-electron chi connectivity index (χ3n) is 5.39. The third-order valence-corrected chi connectivity index (χ3v) is 5.39. The molecule has 0 spiro atoms. The van der Waals surface area contributed by atoms with Gasteiger partial charge in [0.1, 0.15) is 12.4 Å². The molecule has 1 saturated carbocycles. The maximum atomic E-state index is 12.3. The van der Waals surface area contributed by atoms with Crippen LogP contribution in [0.25, 0.3) is 0 Å². The van der Waals surface area contributed by atoms with E-state index in [0.717, 1.165) is 19.0 Å². The zero-order valence-electron chi connectivity index (χ0n) is 14.8. The van der Waals surface area contributed by atoms with E-state index in [2.05, 4.69) is 39.6 Å². The first kappa shape index (κ1) is 19.1. The first-order chi connectivity index (χ1) is 11.0. The van der Waals surface area contributed by atoms with Crippen LogP contribution >= 0.6 is 12.4 Å². The smallest absolute Gasteiger partial charge is 0.242 e. The third kappa shape index (κ3) is 4.45. The highest BCUT2D eigenvalue weighted by molar-refractivity contribution is 5.85. The molecule has 1 N–H and O–H groups in total. The Kier molecular flexibility index (Phi) is 6.57. The second-order valence-corrected chi connectivity index (χ2v) is 7.48. The van der Waals surface area contributed by atoms with E-state index in [-0.39, 0.29) is 30.9 Å². The van der Waals surface area contributed by atoms with Crippen LogP contribution in [0.15, 0.2) is 0 Å². The summed E-state index contributed by atoms with van der Waals surface area (Å²) in [5, 5.41) is 14.5. The van der Waals surface area contributed by atoms with Gasteiger partial charge in [-0.3, -0.25) is 4.79 Å². The van der Waals surface area contributed by atoms with Gasteiger partial charge in [0.25, 0.3) is 0 Å². The van der Waals surface area contributed by atoms with Crippen molar-refractivity contribution in [3.63, 3.8) is 0 Å². The highest BCUT2D eigenvalue weighted by atomic mass is 35.5. The van der Waals surface area contributed by atoms with Gasteiger partial charge >= 0.3 is 0 Å². The summed E-state index contributed by atoms with van der Waals surface area (Å²) >= 11 is 0. The molecule has 1 aliphatic heterocycles. The van der Waals surface area contributed by atoms with E-state index in [1.165, 1.54) is 25.8 Å². The number of aromatic nitrogens is 4. The summed E-state index contributed by atoms with van der Waals surface area (Å²) in [6, 6.07) is 0.236. The molecule has 7 nitrogen and oxygen atoms in total. The van der Waals surface area contributed by atoms with Crippen molar-refractivity contribution in [2.75, 3.05) is 19.6 Å². The van der Waals surface area contributed by atoms with Crippen LogP contribution in [0.5, 0.6) is 0 Å². The lowest BCUT2D eigenvalue weighted by atomic mass is 9.85. The van der Waals surface area contributed by atoms with Crippen molar-refractivity contribution in [3.8, 4) is 0 Å². The van der Waals surface area contributed by atoms with E-state index >= 15 is 0 Å². The average molecular weight is 357 g/mol. The molecule has 0 aromatic carbocycles. The molecule has 24 heavy (non-hydrogen) atoms. The van der Waals surface area contributed by atoms with Gasteiger partial charge in [-0.15, -0.1) is 17.5 Å². The quantitative estimate of drug-likeness (QED) is 0.830. The summed E-state index contributed by atoms with van der Waals surface area (Å²) in [6.45, 7) is 9.78. The van der Waals surface area contributed by atoms with Gasteiger partial charge in [0.15, 0.2) is 0 Å². The summed E-state index contributed by atoms with van der Waals surface area (Å²) < 4.78 is 1.54. The van der Waals surface area contributed by atoms with Crippen LogP contribution in [0.2, 0.25) is 0 Å². The lowest BCUT2D eigenvalue weighted by Gasteiger charge is -2.30. The SMILES string of the molecule is Cc1nnnn1CC(=O)N[C@H]1CN(CC2CCC2)C[C@@H]1C(C)C.Cl. The van der Waals surface area contributed by atoms with E-state index in [0.29, 0.717) is 17.7 Å². The number of halogens is 1. The van der Waals surface area contributed by atoms with Crippen molar-refractivity contribution in [1.29, 1.82) is 0 Å². The number of amides is 1. The Bertz CT molecular complexity index is 544. The van der Waals surface area contributed by atoms with E-state index in [9.17, 15) is 4.79 Å². The minimum atomic E-state index is 0. The van der Waals surface area contributed by atoms with E-state index in [1.54, 1.807) is 11.6 Å². The Balaban J connectivity index is 0.00000208. The van der Waals surface area contributed by atoms with Crippen molar-refractivity contribution in [1.82, 2.24) is 30.4 Å². The van der Waals surface area contributed by atoms with Crippen molar-refractivity contribution in [2.45, 2.75) is 52.6 Å². The molecule has 2 atom stereocenters. The lowest BCUT2D eigenvalue weighted by molar-refractivity contribution is -0.122. The molecule has 8 heteroatoms. The van der Waals surface area contributed by atoms with Gasteiger partial charge in [-0.05, 0) is 47.9 Å². The maximum Gasteiger partial charge on any atom is 0.242 e. The van der Waals surface area contributed by atoms with Gasteiger partial charge in [-0.2, -0.15) is 0 Å². The summed E-state index contributed by atoms with van der Waals surface area (Å²) in [5.74, 6) is 2.64. The van der Waals surface area contributed by atoms with Gasteiger partial charge in [-0.25, -0.2) is 4.68 Å². The summed E-state index contributed by atoms with van der Waals surface area (Å²) in [6.07, 6.45) is 4.13. The van der Waals surface area contributed by atoms with Gasteiger partial charge in [0, 0.05) is 25.7 Å². The maximum absolute atomic E-state index is 12.3. The summed E-state index contributed by atoms with van der Waals surface area (Å²) in [5.41, 5.74) is 0. The Morgan fingerprint density at radius 1 is 1.33 bits per heavy atom. The Morgan fingerprint density at radius 3 is 2.62 bits per heavy atom. The zero-order valence-corrected chi connectivity index (χ0v) is 15.6. The van der Waals surface area contributed by atoms with Crippen LogP contribution in [0, 0.1) is 24.7 Å². The molecule has 2 heterocycles. The molecule has 1 aromatic heterocycles.